The maximum Gasteiger partial charge on any atom is 0.490 e. The van der Waals surface area contributed by atoms with E-state index in [1.54, 1.807) is 6.07 Å². The Balaban J connectivity index is 3.34. The molecule has 68 valence electrons. The van der Waals surface area contributed by atoms with Crippen LogP contribution in [0.2, 0.25) is 0 Å². The summed E-state index contributed by atoms with van der Waals surface area (Å²) in [5.74, 6) is -1.19. The molecule has 0 saturated heterocycles. The Kier molecular flexibility index (Phi) is 3.08. The number of carboxylic acids is 1. The lowest BCUT2D eigenvalue weighted by Crippen LogP contribution is -2.35. The zero-order valence-corrected chi connectivity index (χ0v) is 8.02. The van der Waals surface area contributed by atoms with Gasteiger partial charge in [0.25, 0.3) is 0 Å². The molecule has 0 amide bonds. The minimum atomic E-state index is -1.79. The monoisotopic (exact) mass is 244 g/mol. The SMILES string of the molecule is O=C(O)c1cccc(Br)c1B(O)O. The van der Waals surface area contributed by atoms with Gasteiger partial charge in [0.2, 0.25) is 0 Å². The second-order valence-corrected chi connectivity index (χ2v) is 3.23. The van der Waals surface area contributed by atoms with E-state index in [4.69, 9.17) is 15.2 Å². The third kappa shape index (κ3) is 2.09. The van der Waals surface area contributed by atoms with Gasteiger partial charge in [-0.25, -0.2) is 4.79 Å². The summed E-state index contributed by atoms with van der Waals surface area (Å²) >= 11 is 3.03. The highest BCUT2D eigenvalue weighted by Crippen LogP contribution is 2.09. The third-order valence-electron chi connectivity index (χ3n) is 1.54. The van der Waals surface area contributed by atoms with E-state index in [-0.39, 0.29) is 11.0 Å². The molecule has 0 unspecified atom stereocenters. The molecule has 0 heterocycles. The fraction of sp³-hybridized carbons (Fsp3) is 0. The highest BCUT2D eigenvalue weighted by molar-refractivity contribution is 9.10. The normalized spacial score (nSPS) is 9.77. The van der Waals surface area contributed by atoms with Gasteiger partial charge >= 0.3 is 13.1 Å². The van der Waals surface area contributed by atoms with Crippen LogP contribution in [0.15, 0.2) is 22.7 Å². The van der Waals surface area contributed by atoms with Crippen LogP contribution in [0.3, 0.4) is 0 Å². The minimum absolute atomic E-state index is 0.0324. The van der Waals surface area contributed by atoms with E-state index >= 15 is 0 Å². The van der Waals surface area contributed by atoms with Crippen molar-refractivity contribution in [2.24, 2.45) is 0 Å². The molecule has 13 heavy (non-hydrogen) atoms. The van der Waals surface area contributed by atoms with Gasteiger partial charge in [0.15, 0.2) is 0 Å². The number of hydrogen-bond donors (Lipinski definition) is 3. The van der Waals surface area contributed by atoms with Crippen LogP contribution >= 0.6 is 15.9 Å². The molecule has 0 aliphatic heterocycles. The lowest BCUT2D eigenvalue weighted by atomic mass is 9.77. The van der Waals surface area contributed by atoms with Crippen molar-refractivity contribution in [1.29, 1.82) is 0 Å². The van der Waals surface area contributed by atoms with Crippen LogP contribution in [0.25, 0.3) is 0 Å². The molecule has 1 aromatic carbocycles. The van der Waals surface area contributed by atoms with E-state index < -0.39 is 13.1 Å². The summed E-state index contributed by atoms with van der Waals surface area (Å²) < 4.78 is 0.363. The van der Waals surface area contributed by atoms with Gasteiger partial charge in [0.1, 0.15) is 0 Å². The van der Waals surface area contributed by atoms with Crippen LogP contribution in [0, 0.1) is 0 Å². The molecule has 0 aliphatic carbocycles. The Morgan fingerprint density at radius 3 is 2.38 bits per heavy atom. The second-order valence-electron chi connectivity index (χ2n) is 2.38. The first kappa shape index (κ1) is 10.2. The molecule has 0 saturated carbocycles. The maximum absolute atomic E-state index is 10.6. The molecule has 0 spiro atoms. The number of carbonyl (C=O) groups is 1. The second kappa shape index (κ2) is 3.91. The summed E-state index contributed by atoms with van der Waals surface area (Å²) in [6.45, 7) is 0. The van der Waals surface area contributed by atoms with Crippen LogP contribution in [0.1, 0.15) is 10.4 Å². The molecule has 4 nitrogen and oxygen atoms in total. The van der Waals surface area contributed by atoms with Crippen molar-refractivity contribution in [2.75, 3.05) is 0 Å². The van der Waals surface area contributed by atoms with E-state index in [0.29, 0.717) is 4.47 Å². The quantitative estimate of drug-likeness (QED) is 0.632. The first-order valence-corrected chi connectivity index (χ1v) is 4.21. The van der Waals surface area contributed by atoms with Gasteiger partial charge < -0.3 is 15.2 Å². The predicted octanol–water partition coefficient (Wildman–Crippen LogP) is -0.173. The number of rotatable bonds is 2. The summed E-state index contributed by atoms with van der Waals surface area (Å²) in [4.78, 5) is 10.6. The van der Waals surface area contributed by atoms with Gasteiger partial charge in [0, 0.05) is 9.94 Å². The van der Waals surface area contributed by atoms with Crippen molar-refractivity contribution < 1.29 is 19.9 Å². The van der Waals surface area contributed by atoms with Gasteiger partial charge in [-0.05, 0) is 12.1 Å². The van der Waals surface area contributed by atoms with Crippen molar-refractivity contribution in [2.45, 2.75) is 0 Å². The molecule has 0 aliphatic rings. The molecular weight excluding hydrogens is 239 g/mol. The maximum atomic E-state index is 10.6. The van der Waals surface area contributed by atoms with Crippen molar-refractivity contribution in [3.05, 3.63) is 28.2 Å². The zero-order valence-electron chi connectivity index (χ0n) is 6.44. The van der Waals surface area contributed by atoms with Crippen LogP contribution in [0.4, 0.5) is 0 Å². The van der Waals surface area contributed by atoms with Crippen molar-refractivity contribution in [1.82, 2.24) is 0 Å². The first-order chi connectivity index (χ1) is 6.04. The fourth-order valence-corrected chi connectivity index (χ4v) is 1.56. The molecule has 0 aromatic heterocycles. The zero-order chi connectivity index (χ0) is 10.0. The largest absolute Gasteiger partial charge is 0.490 e. The van der Waals surface area contributed by atoms with E-state index in [0.717, 1.165) is 0 Å². The molecule has 0 atom stereocenters. The predicted molar refractivity (Wildman–Crippen MR) is 50.9 cm³/mol. The van der Waals surface area contributed by atoms with Crippen molar-refractivity contribution >= 4 is 34.5 Å². The Morgan fingerprint density at radius 2 is 2.00 bits per heavy atom. The average Bonchev–Trinajstić information content (AvgIpc) is 2.02. The molecule has 3 N–H and O–H groups in total. The van der Waals surface area contributed by atoms with Crippen molar-refractivity contribution in [3.8, 4) is 0 Å². The van der Waals surface area contributed by atoms with Crippen molar-refractivity contribution in [3.63, 3.8) is 0 Å². The molecule has 6 heteroatoms. The minimum Gasteiger partial charge on any atom is -0.478 e. The van der Waals surface area contributed by atoms with Crippen LogP contribution in [0.5, 0.6) is 0 Å². The molecule has 0 fully saturated rings. The fourth-order valence-electron chi connectivity index (χ4n) is 0.986. The highest BCUT2D eigenvalue weighted by Gasteiger charge is 2.22. The van der Waals surface area contributed by atoms with Crippen LogP contribution in [-0.4, -0.2) is 28.2 Å². The van der Waals surface area contributed by atoms with Gasteiger partial charge in [-0.3, -0.25) is 0 Å². The number of benzene rings is 1. The smallest absolute Gasteiger partial charge is 0.478 e. The molecule has 0 radical (unpaired) electrons. The summed E-state index contributed by atoms with van der Waals surface area (Å²) in [6, 6.07) is 4.36. The van der Waals surface area contributed by atoms with Gasteiger partial charge in [-0.1, -0.05) is 22.0 Å². The van der Waals surface area contributed by atoms with Gasteiger partial charge in [-0.15, -0.1) is 0 Å². The molecule has 1 aromatic rings. The van der Waals surface area contributed by atoms with Crippen LogP contribution in [-0.2, 0) is 0 Å². The topological polar surface area (TPSA) is 77.8 Å². The lowest BCUT2D eigenvalue weighted by Gasteiger charge is -2.06. The van der Waals surface area contributed by atoms with Gasteiger partial charge in [-0.2, -0.15) is 0 Å². The first-order valence-electron chi connectivity index (χ1n) is 3.42. The molecular formula is C7H6BBrO4. The lowest BCUT2D eigenvalue weighted by molar-refractivity contribution is 0.0697. The summed E-state index contributed by atoms with van der Waals surface area (Å²) in [5, 5.41) is 26.5. The third-order valence-corrected chi connectivity index (χ3v) is 2.23. The summed E-state index contributed by atoms with van der Waals surface area (Å²) in [6.07, 6.45) is 0. The number of halogens is 1. The molecule has 1 rings (SSSR count). The van der Waals surface area contributed by atoms with E-state index in [1.165, 1.54) is 12.1 Å². The highest BCUT2D eigenvalue weighted by atomic mass is 79.9. The number of hydrogen-bond acceptors (Lipinski definition) is 3. The Bertz CT molecular complexity index is 339. The Hall–Kier alpha value is -0.845. The summed E-state index contributed by atoms with van der Waals surface area (Å²) in [5.41, 5.74) is -0.153. The standard InChI is InChI=1S/C7H6BBrO4/c9-5-3-1-2-4(7(10)11)6(5)8(12)13/h1-3,12-13H,(H,10,11). The van der Waals surface area contributed by atoms with Crippen LogP contribution < -0.4 is 5.46 Å². The molecule has 0 bridgehead atoms. The average molecular weight is 245 g/mol. The number of aromatic carboxylic acids is 1. The Morgan fingerprint density at radius 1 is 1.38 bits per heavy atom. The van der Waals surface area contributed by atoms with E-state index in [2.05, 4.69) is 15.9 Å². The summed E-state index contributed by atoms with van der Waals surface area (Å²) in [7, 11) is -1.79. The van der Waals surface area contributed by atoms with Gasteiger partial charge in [0.05, 0.1) is 5.56 Å². The van der Waals surface area contributed by atoms with E-state index in [9.17, 15) is 4.79 Å². The number of carboxylic acid groups (broad SMARTS) is 1. The van der Waals surface area contributed by atoms with E-state index in [1.807, 2.05) is 0 Å². The Labute approximate surface area is 83.1 Å².